The van der Waals surface area contributed by atoms with Crippen LogP contribution >= 0.6 is 0 Å². The second-order valence-electron chi connectivity index (χ2n) is 4.77. The molecule has 102 valence electrons. The van der Waals surface area contributed by atoms with E-state index in [1.165, 1.54) is 0 Å². The Labute approximate surface area is 110 Å². The lowest BCUT2D eigenvalue weighted by atomic mass is 10.2. The molecule has 1 atom stereocenters. The highest BCUT2D eigenvalue weighted by Crippen LogP contribution is 2.19. The molecular weight excluding hydrogens is 251 g/mol. The molecule has 1 fully saturated rings. The normalized spacial score (nSPS) is 18.4. The van der Waals surface area contributed by atoms with Gasteiger partial charge in [-0.2, -0.15) is 0 Å². The largest absolute Gasteiger partial charge is 0.478 e. The molecule has 0 aromatic heterocycles. The molecule has 19 heavy (non-hydrogen) atoms. The number of likely N-dealkylation sites (tertiary alicyclic amines) is 1. The number of hydrogen-bond acceptors (Lipinski definition) is 2. The maximum atomic E-state index is 13.5. The molecule has 1 aromatic rings. The van der Waals surface area contributed by atoms with Crippen LogP contribution in [-0.2, 0) is 0 Å². The number of nitrogens with zero attached hydrogens (tertiary/aromatic N) is 1. The van der Waals surface area contributed by atoms with Crippen molar-refractivity contribution in [2.24, 2.45) is 5.92 Å². The highest BCUT2D eigenvalue weighted by molar-refractivity contribution is 5.93. The molecule has 6 heteroatoms. The lowest BCUT2D eigenvalue weighted by Gasteiger charge is -2.17. The summed E-state index contributed by atoms with van der Waals surface area (Å²) in [4.78, 5) is 24.3. The van der Waals surface area contributed by atoms with Crippen molar-refractivity contribution in [1.29, 1.82) is 0 Å². The quantitative estimate of drug-likeness (QED) is 0.863. The molecule has 1 heterocycles. The first kappa shape index (κ1) is 13.3. The predicted molar refractivity (Wildman–Crippen MR) is 67.7 cm³/mol. The minimum atomic E-state index is -1.16. The van der Waals surface area contributed by atoms with Crippen LogP contribution in [0.3, 0.4) is 0 Å². The average molecular weight is 266 g/mol. The maximum absolute atomic E-state index is 13.5. The van der Waals surface area contributed by atoms with Crippen LogP contribution in [0.25, 0.3) is 0 Å². The minimum absolute atomic E-state index is 0.0634. The molecule has 5 nitrogen and oxygen atoms in total. The number of rotatable bonds is 2. The van der Waals surface area contributed by atoms with Crippen molar-refractivity contribution >= 4 is 17.7 Å². The number of aromatic carboxylic acids is 1. The zero-order chi connectivity index (χ0) is 14.0. The van der Waals surface area contributed by atoms with Crippen LogP contribution in [0.2, 0.25) is 0 Å². The molecule has 0 radical (unpaired) electrons. The summed E-state index contributed by atoms with van der Waals surface area (Å²) in [6.07, 6.45) is 0.922. The fourth-order valence-corrected chi connectivity index (χ4v) is 2.07. The predicted octanol–water partition coefficient (Wildman–Crippen LogP) is 2.40. The number of anilines is 1. The number of benzene rings is 1. The molecule has 0 aliphatic carbocycles. The zero-order valence-corrected chi connectivity index (χ0v) is 10.5. The summed E-state index contributed by atoms with van der Waals surface area (Å²) >= 11 is 0. The summed E-state index contributed by atoms with van der Waals surface area (Å²) < 4.78 is 13.5. The van der Waals surface area contributed by atoms with Crippen LogP contribution in [0.5, 0.6) is 0 Å². The van der Waals surface area contributed by atoms with Crippen molar-refractivity contribution in [1.82, 2.24) is 4.90 Å². The number of carbonyl (C=O) groups is 2. The molecule has 2 N–H and O–H groups in total. The van der Waals surface area contributed by atoms with E-state index >= 15 is 0 Å². The SMILES string of the molecule is CC1CCN(C(=O)Nc2cc(C(=O)O)ccc2F)C1. The van der Waals surface area contributed by atoms with E-state index in [4.69, 9.17) is 5.11 Å². The van der Waals surface area contributed by atoms with E-state index in [0.29, 0.717) is 19.0 Å². The van der Waals surface area contributed by atoms with Crippen molar-refractivity contribution < 1.29 is 19.1 Å². The molecule has 1 unspecified atom stereocenters. The fraction of sp³-hybridized carbons (Fsp3) is 0.385. The van der Waals surface area contributed by atoms with Gasteiger partial charge in [-0.1, -0.05) is 6.92 Å². The number of halogens is 1. The summed E-state index contributed by atoms with van der Waals surface area (Å²) in [6, 6.07) is 2.91. The van der Waals surface area contributed by atoms with E-state index < -0.39 is 17.8 Å². The van der Waals surface area contributed by atoms with Gasteiger partial charge in [0.15, 0.2) is 0 Å². The summed E-state index contributed by atoms with van der Waals surface area (Å²) in [5.74, 6) is -1.38. The first-order chi connectivity index (χ1) is 8.97. The van der Waals surface area contributed by atoms with Gasteiger partial charge in [0.25, 0.3) is 0 Å². The Morgan fingerprint density at radius 3 is 2.79 bits per heavy atom. The second kappa shape index (κ2) is 5.26. The third-order valence-corrected chi connectivity index (χ3v) is 3.17. The summed E-state index contributed by atoms with van der Waals surface area (Å²) in [5.41, 5.74) is -0.170. The maximum Gasteiger partial charge on any atom is 0.335 e. The van der Waals surface area contributed by atoms with E-state index in [9.17, 15) is 14.0 Å². The molecule has 2 rings (SSSR count). The lowest BCUT2D eigenvalue weighted by molar-refractivity contribution is 0.0697. The van der Waals surface area contributed by atoms with Gasteiger partial charge >= 0.3 is 12.0 Å². The summed E-state index contributed by atoms with van der Waals surface area (Å²) in [7, 11) is 0. The molecule has 0 spiro atoms. The first-order valence-electron chi connectivity index (χ1n) is 6.06. The van der Waals surface area contributed by atoms with Gasteiger partial charge in [-0.3, -0.25) is 0 Å². The van der Waals surface area contributed by atoms with Crippen LogP contribution in [0.15, 0.2) is 18.2 Å². The van der Waals surface area contributed by atoms with Crippen molar-refractivity contribution in [2.45, 2.75) is 13.3 Å². The molecule has 1 aromatic carbocycles. The number of hydrogen-bond donors (Lipinski definition) is 2. The Balaban J connectivity index is 2.12. The highest BCUT2D eigenvalue weighted by atomic mass is 19.1. The molecule has 0 bridgehead atoms. The molecule has 1 aliphatic rings. The monoisotopic (exact) mass is 266 g/mol. The number of carboxylic acid groups (broad SMARTS) is 1. The highest BCUT2D eigenvalue weighted by Gasteiger charge is 2.23. The third kappa shape index (κ3) is 3.01. The van der Waals surface area contributed by atoms with Crippen molar-refractivity contribution in [3.63, 3.8) is 0 Å². The second-order valence-corrected chi connectivity index (χ2v) is 4.77. The first-order valence-corrected chi connectivity index (χ1v) is 6.06. The topological polar surface area (TPSA) is 69.6 Å². The van der Waals surface area contributed by atoms with E-state index in [0.717, 1.165) is 24.6 Å². The Morgan fingerprint density at radius 1 is 1.47 bits per heavy atom. The Morgan fingerprint density at radius 2 is 2.21 bits per heavy atom. The average Bonchev–Trinajstić information content (AvgIpc) is 2.78. The fourth-order valence-electron chi connectivity index (χ4n) is 2.07. The standard InChI is InChI=1S/C13H15FN2O3/c1-8-4-5-16(7-8)13(19)15-11-6-9(12(17)18)2-3-10(11)14/h2-3,6,8H,4-5,7H2,1H3,(H,15,19)(H,17,18). The van der Waals surface area contributed by atoms with Gasteiger partial charge in [-0.25, -0.2) is 14.0 Å². The van der Waals surface area contributed by atoms with Gasteiger partial charge in [0.2, 0.25) is 0 Å². The van der Waals surface area contributed by atoms with Crippen molar-refractivity contribution in [3.8, 4) is 0 Å². The minimum Gasteiger partial charge on any atom is -0.478 e. The number of amides is 2. The lowest BCUT2D eigenvalue weighted by Crippen LogP contribution is -2.33. The van der Waals surface area contributed by atoms with E-state index in [1.807, 2.05) is 6.92 Å². The Kier molecular flexibility index (Phi) is 3.69. The molecule has 1 aliphatic heterocycles. The van der Waals surface area contributed by atoms with Crippen molar-refractivity contribution in [3.05, 3.63) is 29.6 Å². The van der Waals surface area contributed by atoms with Gasteiger partial charge in [0.05, 0.1) is 11.3 Å². The van der Waals surface area contributed by atoms with Gasteiger partial charge in [-0.05, 0) is 30.5 Å². The molecule has 2 amide bonds. The Bertz CT molecular complexity index is 519. The number of carboxylic acids is 1. The Hall–Kier alpha value is -2.11. The molecule has 1 saturated heterocycles. The smallest absolute Gasteiger partial charge is 0.335 e. The zero-order valence-electron chi connectivity index (χ0n) is 10.5. The van der Waals surface area contributed by atoms with Crippen LogP contribution < -0.4 is 5.32 Å². The van der Waals surface area contributed by atoms with E-state index in [2.05, 4.69) is 5.32 Å². The van der Waals surface area contributed by atoms with Gasteiger partial charge < -0.3 is 15.3 Å². The molecule has 0 saturated carbocycles. The summed E-state index contributed by atoms with van der Waals surface area (Å²) in [5, 5.41) is 11.3. The van der Waals surface area contributed by atoms with Crippen LogP contribution in [0.1, 0.15) is 23.7 Å². The molecular formula is C13H15FN2O3. The summed E-state index contributed by atoms with van der Waals surface area (Å²) in [6.45, 7) is 3.30. The van der Waals surface area contributed by atoms with Gasteiger partial charge in [-0.15, -0.1) is 0 Å². The van der Waals surface area contributed by atoms with Gasteiger partial charge in [0, 0.05) is 13.1 Å². The van der Waals surface area contributed by atoms with Crippen LogP contribution in [0.4, 0.5) is 14.9 Å². The number of urea groups is 1. The van der Waals surface area contributed by atoms with Crippen LogP contribution in [0, 0.1) is 11.7 Å². The van der Waals surface area contributed by atoms with Gasteiger partial charge in [0.1, 0.15) is 5.82 Å². The number of nitrogens with one attached hydrogen (secondary N) is 1. The third-order valence-electron chi connectivity index (χ3n) is 3.17. The van der Waals surface area contributed by atoms with E-state index in [-0.39, 0.29) is 11.3 Å². The van der Waals surface area contributed by atoms with Crippen molar-refractivity contribution in [2.75, 3.05) is 18.4 Å². The van der Waals surface area contributed by atoms with E-state index in [1.54, 1.807) is 4.90 Å². The van der Waals surface area contributed by atoms with Crippen LogP contribution in [-0.4, -0.2) is 35.1 Å². The number of carbonyl (C=O) groups excluding carboxylic acids is 1.